The summed E-state index contributed by atoms with van der Waals surface area (Å²) in [5.74, 6) is 0.825. The minimum absolute atomic E-state index is 0.613. The molecule has 2 aromatic rings. The summed E-state index contributed by atoms with van der Waals surface area (Å²) in [6.07, 6.45) is 10.9. The van der Waals surface area contributed by atoms with E-state index in [4.69, 9.17) is 5.26 Å². The Kier molecular flexibility index (Phi) is 5.08. The lowest BCUT2D eigenvalue weighted by Crippen LogP contribution is -1.99. The molecule has 1 unspecified atom stereocenters. The molecule has 0 N–H and O–H groups in total. The van der Waals surface area contributed by atoms with Crippen LogP contribution in [0.3, 0.4) is 0 Å². The molecule has 1 aromatic heterocycles. The van der Waals surface area contributed by atoms with E-state index in [-0.39, 0.29) is 0 Å². The van der Waals surface area contributed by atoms with Crippen molar-refractivity contribution in [2.75, 3.05) is 0 Å². The summed E-state index contributed by atoms with van der Waals surface area (Å²) in [6, 6.07) is 12.6. The highest BCUT2D eigenvalue weighted by molar-refractivity contribution is 5.62. The standard InChI is InChI=1S/C21H24N2/c1-2-3-4-5-6-16-11-18-8-9-19(13-20(18)12-16)21-10-7-17(14-22)15-23-21/h7-10,13,15-16H,2-6,11-12H2,1H3. The van der Waals surface area contributed by atoms with Gasteiger partial charge in [0.15, 0.2) is 0 Å². The second-order valence-corrected chi connectivity index (χ2v) is 6.65. The SMILES string of the molecule is CCCCCCC1Cc2ccc(-c3ccc(C#N)cn3)cc2C1. The summed E-state index contributed by atoms with van der Waals surface area (Å²) in [6.45, 7) is 2.27. The summed E-state index contributed by atoms with van der Waals surface area (Å²) in [5, 5.41) is 8.87. The van der Waals surface area contributed by atoms with E-state index < -0.39 is 0 Å². The van der Waals surface area contributed by atoms with Crippen LogP contribution in [0.1, 0.15) is 55.7 Å². The average molecular weight is 304 g/mol. The lowest BCUT2D eigenvalue weighted by Gasteiger charge is -2.07. The summed E-state index contributed by atoms with van der Waals surface area (Å²) in [7, 11) is 0. The van der Waals surface area contributed by atoms with Crippen LogP contribution in [0.2, 0.25) is 0 Å². The first-order valence-corrected chi connectivity index (χ1v) is 8.78. The normalized spacial score (nSPS) is 16.1. The third-order valence-electron chi connectivity index (χ3n) is 4.88. The number of pyridine rings is 1. The summed E-state index contributed by atoms with van der Waals surface area (Å²) < 4.78 is 0. The van der Waals surface area contributed by atoms with Crippen LogP contribution in [0.25, 0.3) is 11.3 Å². The van der Waals surface area contributed by atoms with Crippen LogP contribution in [-0.4, -0.2) is 4.98 Å². The van der Waals surface area contributed by atoms with Crippen LogP contribution >= 0.6 is 0 Å². The maximum atomic E-state index is 8.87. The van der Waals surface area contributed by atoms with E-state index in [0.29, 0.717) is 5.56 Å². The number of nitrogens with zero attached hydrogens (tertiary/aromatic N) is 2. The summed E-state index contributed by atoms with van der Waals surface area (Å²) in [4.78, 5) is 4.41. The smallest absolute Gasteiger partial charge is 0.101 e. The number of aromatic nitrogens is 1. The maximum absolute atomic E-state index is 8.87. The Labute approximate surface area is 139 Å². The first-order valence-electron chi connectivity index (χ1n) is 8.78. The second kappa shape index (κ2) is 7.42. The second-order valence-electron chi connectivity index (χ2n) is 6.65. The fourth-order valence-corrected chi connectivity index (χ4v) is 3.56. The Balaban J connectivity index is 1.66. The molecule has 0 radical (unpaired) electrons. The predicted molar refractivity (Wildman–Crippen MR) is 94.0 cm³/mol. The van der Waals surface area contributed by atoms with Gasteiger partial charge < -0.3 is 0 Å². The molecule has 0 fully saturated rings. The molecule has 1 aliphatic carbocycles. The van der Waals surface area contributed by atoms with E-state index in [1.165, 1.54) is 61.6 Å². The summed E-state index contributed by atoms with van der Waals surface area (Å²) in [5.41, 5.74) is 5.75. The van der Waals surface area contributed by atoms with Crippen molar-refractivity contribution in [1.29, 1.82) is 5.26 Å². The van der Waals surface area contributed by atoms with Crippen molar-refractivity contribution < 1.29 is 0 Å². The van der Waals surface area contributed by atoms with Crippen molar-refractivity contribution in [1.82, 2.24) is 4.98 Å². The van der Waals surface area contributed by atoms with E-state index in [0.717, 1.165) is 11.6 Å². The topological polar surface area (TPSA) is 36.7 Å². The molecule has 0 saturated heterocycles. The molecular weight excluding hydrogens is 280 g/mol. The maximum Gasteiger partial charge on any atom is 0.101 e. The molecule has 23 heavy (non-hydrogen) atoms. The van der Waals surface area contributed by atoms with Gasteiger partial charge >= 0.3 is 0 Å². The van der Waals surface area contributed by atoms with E-state index >= 15 is 0 Å². The minimum atomic E-state index is 0.613. The van der Waals surface area contributed by atoms with Crippen LogP contribution in [0.15, 0.2) is 36.5 Å². The number of rotatable bonds is 6. The van der Waals surface area contributed by atoms with Crippen LogP contribution in [0.4, 0.5) is 0 Å². The molecule has 1 aromatic carbocycles. The molecule has 0 amide bonds. The van der Waals surface area contributed by atoms with Crippen molar-refractivity contribution in [2.45, 2.75) is 51.9 Å². The van der Waals surface area contributed by atoms with Crippen molar-refractivity contribution in [3.63, 3.8) is 0 Å². The van der Waals surface area contributed by atoms with Gasteiger partial charge in [0.1, 0.15) is 6.07 Å². The monoisotopic (exact) mass is 304 g/mol. The van der Waals surface area contributed by atoms with E-state index in [1.54, 1.807) is 6.20 Å². The van der Waals surface area contributed by atoms with Gasteiger partial charge in [-0.2, -0.15) is 5.26 Å². The number of hydrogen-bond acceptors (Lipinski definition) is 2. The Hall–Kier alpha value is -2.14. The van der Waals surface area contributed by atoms with Gasteiger partial charge in [-0.05, 0) is 54.5 Å². The molecule has 0 aliphatic heterocycles. The highest BCUT2D eigenvalue weighted by Crippen LogP contribution is 2.33. The van der Waals surface area contributed by atoms with Gasteiger partial charge in [-0.15, -0.1) is 0 Å². The third kappa shape index (κ3) is 3.79. The Morgan fingerprint density at radius 1 is 1.09 bits per heavy atom. The summed E-state index contributed by atoms with van der Waals surface area (Å²) >= 11 is 0. The third-order valence-corrected chi connectivity index (χ3v) is 4.88. The lowest BCUT2D eigenvalue weighted by molar-refractivity contribution is 0.475. The lowest BCUT2D eigenvalue weighted by atomic mass is 9.98. The van der Waals surface area contributed by atoms with Crippen molar-refractivity contribution in [3.8, 4) is 17.3 Å². The first-order chi connectivity index (χ1) is 11.3. The molecule has 0 saturated carbocycles. The van der Waals surface area contributed by atoms with Crippen molar-refractivity contribution in [2.24, 2.45) is 5.92 Å². The first kappa shape index (κ1) is 15.7. The van der Waals surface area contributed by atoms with E-state index in [9.17, 15) is 0 Å². The highest BCUT2D eigenvalue weighted by Gasteiger charge is 2.21. The Morgan fingerprint density at radius 2 is 1.96 bits per heavy atom. The van der Waals surface area contributed by atoms with Gasteiger partial charge in [0, 0.05) is 11.8 Å². The number of hydrogen-bond donors (Lipinski definition) is 0. The van der Waals surface area contributed by atoms with Gasteiger partial charge in [0.05, 0.1) is 11.3 Å². The molecule has 118 valence electrons. The average Bonchev–Trinajstić information content (AvgIpc) is 3.00. The van der Waals surface area contributed by atoms with Crippen molar-refractivity contribution in [3.05, 3.63) is 53.2 Å². The zero-order valence-electron chi connectivity index (χ0n) is 13.9. The molecular formula is C21H24N2. The van der Waals surface area contributed by atoms with Gasteiger partial charge in [-0.1, -0.05) is 44.7 Å². The molecule has 2 nitrogen and oxygen atoms in total. The van der Waals surface area contributed by atoms with Crippen LogP contribution in [0, 0.1) is 17.2 Å². The van der Waals surface area contributed by atoms with Gasteiger partial charge in [-0.25, -0.2) is 0 Å². The largest absolute Gasteiger partial charge is 0.255 e. The number of nitriles is 1. The fourth-order valence-electron chi connectivity index (χ4n) is 3.56. The fraction of sp³-hybridized carbons (Fsp3) is 0.429. The number of benzene rings is 1. The Morgan fingerprint density at radius 3 is 2.70 bits per heavy atom. The molecule has 1 aliphatic rings. The van der Waals surface area contributed by atoms with Gasteiger partial charge in [0.25, 0.3) is 0 Å². The molecule has 0 bridgehead atoms. The van der Waals surface area contributed by atoms with Gasteiger partial charge in [-0.3, -0.25) is 4.98 Å². The van der Waals surface area contributed by atoms with Crippen LogP contribution in [-0.2, 0) is 12.8 Å². The molecule has 0 spiro atoms. The quantitative estimate of drug-likeness (QED) is 0.678. The zero-order chi connectivity index (χ0) is 16.1. The van der Waals surface area contributed by atoms with Crippen LogP contribution < -0.4 is 0 Å². The predicted octanol–water partition coefficient (Wildman–Crippen LogP) is 5.31. The van der Waals surface area contributed by atoms with Crippen LogP contribution in [0.5, 0.6) is 0 Å². The molecule has 1 heterocycles. The molecule has 2 heteroatoms. The molecule has 1 atom stereocenters. The van der Waals surface area contributed by atoms with Gasteiger partial charge in [0.2, 0.25) is 0 Å². The number of unbranched alkanes of at least 4 members (excludes halogenated alkanes) is 3. The minimum Gasteiger partial charge on any atom is -0.255 e. The Bertz CT molecular complexity index is 695. The molecule has 3 rings (SSSR count). The zero-order valence-corrected chi connectivity index (χ0v) is 13.9. The van der Waals surface area contributed by atoms with E-state index in [2.05, 4.69) is 36.2 Å². The highest BCUT2D eigenvalue weighted by atomic mass is 14.7. The van der Waals surface area contributed by atoms with E-state index in [1.807, 2.05) is 12.1 Å². The van der Waals surface area contributed by atoms with Crippen molar-refractivity contribution >= 4 is 0 Å². The number of fused-ring (bicyclic) bond motifs is 1.